The standard InChI is InChI=1S/C23H26ClN3O3/c1-14(2)13-30-21-16(24)11-15(12-20(21)29-3)23(28)27-10-6-9-19(27)22-25-17-7-4-5-8-18(17)26-22/h4-5,7-8,11-12,14,19H,6,9-10,13H2,1-3H3,(H,25,26)/t19-/m0/s1. The molecule has 6 nitrogen and oxygen atoms in total. The molecule has 30 heavy (non-hydrogen) atoms. The van der Waals surface area contributed by atoms with E-state index in [0.29, 0.717) is 41.2 Å². The van der Waals surface area contributed by atoms with E-state index in [1.54, 1.807) is 19.2 Å². The maximum Gasteiger partial charge on any atom is 0.254 e. The first kappa shape index (κ1) is 20.5. The normalized spacial score (nSPS) is 16.4. The molecular formula is C23H26ClN3O3. The molecule has 1 amide bonds. The van der Waals surface area contributed by atoms with Crippen molar-refractivity contribution in [1.29, 1.82) is 0 Å². The Bertz CT molecular complexity index is 1030. The van der Waals surface area contributed by atoms with E-state index < -0.39 is 0 Å². The molecule has 158 valence electrons. The Morgan fingerprint density at radius 1 is 1.33 bits per heavy atom. The summed E-state index contributed by atoms with van der Waals surface area (Å²) in [7, 11) is 1.55. The first-order valence-electron chi connectivity index (χ1n) is 10.2. The van der Waals surface area contributed by atoms with Gasteiger partial charge in [-0.15, -0.1) is 0 Å². The van der Waals surface area contributed by atoms with Crippen LogP contribution in [0.4, 0.5) is 0 Å². The highest BCUT2D eigenvalue weighted by atomic mass is 35.5. The number of nitrogens with zero attached hydrogens (tertiary/aromatic N) is 2. The molecule has 1 atom stereocenters. The van der Waals surface area contributed by atoms with E-state index in [1.165, 1.54) is 0 Å². The lowest BCUT2D eigenvalue weighted by Crippen LogP contribution is -2.31. The fourth-order valence-corrected chi connectivity index (χ4v) is 4.09. The third-order valence-electron chi connectivity index (χ3n) is 5.27. The van der Waals surface area contributed by atoms with Gasteiger partial charge >= 0.3 is 0 Å². The second kappa shape index (κ2) is 8.56. The van der Waals surface area contributed by atoms with E-state index in [1.807, 2.05) is 29.2 Å². The number of ether oxygens (including phenoxy) is 2. The summed E-state index contributed by atoms with van der Waals surface area (Å²) in [6, 6.07) is 11.2. The zero-order valence-corrected chi connectivity index (χ0v) is 18.2. The summed E-state index contributed by atoms with van der Waals surface area (Å²) < 4.78 is 11.3. The average molecular weight is 428 g/mol. The number of benzene rings is 2. The molecule has 1 N–H and O–H groups in total. The molecule has 1 fully saturated rings. The van der Waals surface area contributed by atoms with Crippen molar-refractivity contribution in [2.24, 2.45) is 5.92 Å². The van der Waals surface area contributed by atoms with Gasteiger partial charge in [0, 0.05) is 12.1 Å². The quantitative estimate of drug-likeness (QED) is 0.584. The number of imidazole rings is 1. The SMILES string of the molecule is COc1cc(C(=O)N2CCC[C@H]2c2nc3ccccc3[nH]2)cc(Cl)c1OCC(C)C. The van der Waals surface area contributed by atoms with Crippen LogP contribution in [-0.2, 0) is 0 Å². The number of amides is 1. The van der Waals surface area contributed by atoms with Gasteiger partial charge in [0.1, 0.15) is 5.82 Å². The van der Waals surface area contributed by atoms with E-state index >= 15 is 0 Å². The minimum absolute atomic E-state index is 0.0893. The van der Waals surface area contributed by atoms with Crippen LogP contribution in [-0.4, -0.2) is 41.0 Å². The minimum Gasteiger partial charge on any atom is -0.493 e. The maximum absolute atomic E-state index is 13.4. The van der Waals surface area contributed by atoms with Crippen LogP contribution in [0, 0.1) is 5.92 Å². The summed E-state index contributed by atoms with van der Waals surface area (Å²) in [5.41, 5.74) is 2.36. The molecule has 0 unspecified atom stereocenters. The van der Waals surface area contributed by atoms with Crippen LogP contribution in [0.1, 0.15) is 48.9 Å². The lowest BCUT2D eigenvalue weighted by molar-refractivity contribution is 0.0730. The van der Waals surface area contributed by atoms with Crippen LogP contribution in [0.3, 0.4) is 0 Å². The Balaban J connectivity index is 1.62. The fraction of sp³-hybridized carbons (Fsp3) is 0.391. The summed E-state index contributed by atoms with van der Waals surface area (Å²) in [6.07, 6.45) is 1.79. The fourth-order valence-electron chi connectivity index (χ4n) is 3.82. The average Bonchev–Trinajstić information content (AvgIpc) is 3.38. The zero-order valence-electron chi connectivity index (χ0n) is 17.4. The molecule has 1 saturated heterocycles. The van der Waals surface area contributed by atoms with Crippen molar-refractivity contribution >= 4 is 28.5 Å². The summed E-state index contributed by atoms with van der Waals surface area (Å²) >= 11 is 6.46. The van der Waals surface area contributed by atoms with Gasteiger partial charge in [-0.25, -0.2) is 4.98 Å². The molecule has 0 radical (unpaired) electrons. The van der Waals surface area contributed by atoms with Gasteiger partial charge in [0.15, 0.2) is 11.5 Å². The highest BCUT2D eigenvalue weighted by Crippen LogP contribution is 2.39. The van der Waals surface area contributed by atoms with Crippen LogP contribution >= 0.6 is 11.6 Å². The highest BCUT2D eigenvalue weighted by molar-refractivity contribution is 6.32. The van der Waals surface area contributed by atoms with Crippen molar-refractivity contribution in [2.75, 3.05) is 20.3 Å². The minimum atomic E-state index is -0.0912. The predicted molar refractivity (Wildman–Crippen MR) is 117 cm³/mol. The summed E-state index contributed by atoms with van der Waals surface area (Å²) in [5, 5.41) is 0.373. The van der Waals surface area contributed by atoms with Crippen LogP contribution in [0.2, 0.25) is 5.02 Å². The number of aromatic amines is 1. The van der Waals surface area contributed by atoms with Crippen molar-refractivity contribution in [3.63, 3.8) is 0 Å². The van der Waals surface area contributed by atoms with Crippen LogP contribution in [0.5, 0.6) is 11.5 Å². The number of rotatable bonds is 6. The number of hydrogen-bond acceptors (Lipinski definition) is 4. The summed E-state index contributed by atoms with van der Waals surface area (Å²) in [5.74, 6) is 2.01. The van der Waals surface area contributed by atoms with Crippen LogP contribution < -0.4 is 9.47 Å². The van der Waals surface area contributed by atoms with E-state index in [0.717, 1.165) is 29.7 Å². The van der Waals surface area contributed by atoms with Gasteiger partial charge in [-0.3, -0.25) is 4.79 Å². The van der Waals surface area contributed by atoms with Crippen LogP contribution in [0.25, 0.3) is 11.0 Å². The summed E-state index contributed by atoms with van der Waals surface area (Å²) in [6.45, 7) is 5.31. The molecule has 0 aliphatic carbocycles. The molecular weight excluding hydrogens is 402 g/mol. The molecule has 1 aromatic heterocycles. The molecule has 7 heteroatoms. The van der Waals surface area contributed by atoms with Gasteiger partial charge in [-0.1, -0.05) is 37.6 Å². The number of nitrogens with one attached hydrogen (secondary N) is 1. The number of likely N-dealkylation sites (tertiary alicyclic amines) is 1. The number of carbonyl (C=O) groups excluding carboxylic acids is 1. The molecule has 4 rings (SSSR count). The Morgan fingerprint density at radius 3 is 2.87 bits per heavy atom. The van der Waals surface area contributed by atoms with Crippen molar-refractivity contribution in [3.05, 3.63) is 52.8 Å². The number of H-pyrrole nitrogens is 1. The van der Waals surface area contributed by atoms with Gasteiger partial charge in [-0.2, -0.15) is 0 Å². The van der Waals surface area contributed by atoms with E-state index in [4.69, 9.17) is 26.1 Å². The zero-order chi connectivity index (χ0) is 21.3. The number of fused-ring (bicyclic) bond motifs is 1. The first-order chi connectivity index (χ1) is 14.5. The molecule has 0 saturated carbocycles. The third-order valence-corrected chi connectivity index (χ3v) is 5.56. The third kappa shape index (κ3) is 3.97. The molecule has 3 aromatic rings. The molecule has 2 aromatic carbocycles. The maximum atomic E-state index is 13.4. The molecule has 0 bridgehead atoms. The lowest BCUT2D eigenvalue weighted by Gasteiger charge is -2.24. The number of aromatic nitrogens is 2. The number of methoxy groups -OCH3 is 1. The second-order valence-corrected chi connectivity index (χ2v) is 8.40. The summed E-state index contributed by atoms with van der Waals surface area (Å²) in [4.78, 5) is 23.3. The number of carbonyl (C=O) groups is 1. The van der Waals surface area contributed by atoms with E-state index in [-0.39, 0.29) is 11.9 Å². The van der Waals surface area contributed by atoms with Gasteiger partial charge in [0.05, 0.1) is 35.8 Å². The van der Waals surface area contributed by atoms with Crippen molar-refractivity contribution < 1.29 is 14.3 Å². The number of para-hydroxylation sites is 2. The highest BCUT2D eigenvalue weighted by Gasteiger charge is 2.33. The van der Waals surface area contributed by atoms with Crippen molar-refractivity contribution in [3.8, 4) is 11.5 Å². The molecule has 2 heterocycles. The van der Waals surface area contributed by atoms with Crippen molar-refractivity contribution in [2.45, 2.75) is 32.7 Å². The largest absolute Gasteiger partial charge is 0.493 e. The van der Waals surface area contributed by atoms with Crippen LogP contribution in [0.15, 0.2) is 36.4 Å². The lowest BCUT2D eigenvalue weighted by atomic mass is 10.1. The number of hydrogen-bond donors (Lipinski definition) is 1. The molecule has 0 spiro atoms. The Kier molecular flexibility index (Phi) is 5.86. The van der Waals surface area contributed by atoms with Gasteiger partial charge < -0.3 is 19.4 Å². The number of halogens is 1. The van der Waals surface area contributed by atoms with E-state index in [2.05, 4.69) is 18.8 Å². The van der Waals surface area contributed by atoms with Gasteiger partial charge in [-0.05, 0) is 43.0 Å². The Hall–Kier alpha value is -2.73. The monoisotopic (exact) mass is 427 g/mol. The van der Waals surface area contributed by atoms with Gasteiger partial charge in [0.25, 0.3) is 5.91 Å². The van der Waals surface area contributed by atoms with E-state index in [9.17, 15) is 4.79 Å². The second-order valence-electron chi connectivity index (χ2n) is 7.99. The molecule has 1 aliphatic rings. The van der Waals surface area contributed by atoms with Gasteiger partial charge in [0.2, 0.25) is 0 Å². The van der Waals surface area contributed by atoms with Crippen molar-refractivity contribution in [1.82, 2.24) is 14.9 Å². The Labute approximate surface area is 181 Å². The molecule has 1 aliphatic heterocycles. The predicted octanol–water partition coefficient (Wildman–Crippen LogP) is 5.24. The smallest absolute Gasteiger partial charge is 0.254 e. The topological polar surface area (TPSA) is 67.5 Å². The first-order valence-corrected chi connectivity index (χ1v) is 10.6. The Morgan fingerprint density at radius 2 is 2.13 bits per heavy atom.